The molecule has 36 heavy (non-hydrogen) atoms. The average Bonchev–Trinajstić information content (AvgIpc) is 2.88. The van der Waals surface area contributed by atoms with Crippen molar-refractivity contribution >= 4 is 34.6 Å². The lowest BCUT2D eigenvalue weighted by Crippen LogP contribution is -2.29. The van der Waals surface area contributed by atoms with Gasteiger partial charge < -0.3 is 19.3 Å². The van der Waals surface area contributed by atoms with Crippen molar-refractivity contribution in [2.45, 2.75) is 34.6 Å². The van der Waals surface area contributed by atoms with Crippen molar-refractivity contribution in [2.24, 2.45) is 0 Å². The Bertz CT molecular complexity index is 1190. The van der Waals surface area contributed by atoms with Crippen molar-refractivity contribution in [1.29, 1.82) is 0 Å². The first kappa shape index (κ1) is 25.1. The summed E-state index contributed by atoms with van der Waals surface area (Å²) < 4.78 is 11.5. The first-order valence-corrected chi connectivity index (χ1v) is 12.5. The summed E-state index contributed by atoms with van der Waals surface area (Å²) in [6.45, 7) is 13.3. The number of carbonyl (C=O) groups is 2. The summed E-state index contributed by atoms with van der Waals surface area (Å²) in [4.78, 5) is 31.3. The van der Waals surface area contributed by atoms with Gasteiger partial charge in [-0.1, -0.05) is 0 Å². The third-order valence-corrected chi connectivity index (χ3v) is 6.41. The molecule has 0 fully saturated rings. The van der Waals surface area contributed by atoms with Crippen LogP contribution in [0.4, 0.5) is 22.7 Å². The summed E-state index contributed by atoms with van der Waals surface area (Å²) >= 11 is 0. The molecular weight excluding hydrogens is 454 g/mol. The molecule has 0 N–H and O–H groups in total. The molecule has 0 saturated heterocycles. The van der Waals surface area contributed by atoms with Gasteiger partial charge in [0.25, 0.3) is 5.91 Å². The number of nitrogens with zero attached hydrogens (tertiary/aromatic N) is 3. The van der Waals surface area contributed by atoms with E-state index in [1.807, 2.05) is 36.4 Å². The van der Waals surface area contributed by atoms with Crippen LogP contribution in [0, 0.1) is 0 Å². The smallest absolute Gasteiger partial charge is 0.308 e. The van der Waals surface area contributed by atoms with Crippen LogP contribution in [0.15, 0.2) is 60.7 Å². The fourth-order valence-electron chi connectivity index (χ4n) is 4.54. The molecule has 1 aliphatic rings. The van der Waals surface area contributed by atoms with E-state index in [1.54, 1.807) is 29.2 Å². The predicted molar refractivity (Wildman–Crippen MR) is 144 cm³/mol. The maximum atomic E-state index is 13.9. The molecule has 0 unspecified atom stereocenters. The van der Waals surface area contributed by atoms with E-state index in [9.17, 15) is 9.59 Å². The highest BCUT2D eigenvalue weighted by molar-refractivity contribution is 6.13. The topological polar surface area (TPSA) is 62.3 Å². The van der Waals surface area contributed by atoms with E-state index in [1.165, 1.54) is 6.92 Å². The molecule has 0 aliphatic carbocycles. The largest absolute Gasteiger partial charge is 0.453 e. The zero-order valence-corrected chi connectivity index (χ0v) is 21.6. The molecule has 3 aromatic carbocycles. The third kappa shape index (κ3) is 4.87. The van der Waals surface area contributed by atoms with E-state index in [-0.39, 0.29) is 5.91 Å². The van der Waals surface area contributed by atoms with Gasteiger partial charge in [-0.15, -0.1) is 0 Å². The number of benzene rings is 3. The number of ether oxygens (including phenoxy) is 2. The van der Waals surface area contributed by atoms with Crippen LogP contribution in [0.3, 0.4) is 0 Å². The lowest BCUT2D eigenvalue weighted by Gasteiger charge is -2.33. The van der Waals surface area contributed by atoms with Crippen molar-refractivity contribution in [2.75, 3.05) is 40.9 Å². The van der Waals surface area contributed by atoms with Gasteiger partial charge in [0.2, 0.25) is 0 Å². The maximum absolute atomic E-state index is 13.9. The van der Waals surface area contributed by atoms with Crippen molar-refractivity contribution in [3.05, 3.63) is 66.2 Å². The molecule has 0 radical (unpaired) electrons. The predicted octanol–water partition coefficient (Wildman–Crippen LogP) is 6.39. The van der Waals surface area contributed by atoms with Crippen LogP contribution >= 0.6 is 0 Å². The third-order valence-electron chi connectivity index (χ3n) is 6.41. The van der Waals surface area contributed by atoms with E-state index in [0.717, 1.165) is 37.6 Å². The normalized spacial score (nSPS) is 11.8. The van der Waals surface area contributed by atoms with E-state index in [2.05, 4.69) is 37.5 Å². The van der Waals surface area contributed by atoms with Gasteiger partial charge in [0.15, 0.2) is 11.5 Å². The van der Waals surface area contributed by atoms with E-state index >= 15 is 0 Å². The van der Waals surface area contributed by atoms with Crippen LogP contribution in [-0.2, 0) is 4.79 Å². The van der Waals surface area contributed by atoms with Gasteiger partial charge in [-0.25, -0.2) is 0 Å². The summed E-state index contributed by atoms with van der Waals surface area (Å²) in [5.74, 6) is 1.07. The molecule has 4 rings (SSSR count). The van der Waals surface area contributed by atoms with Crippen molar-refractivity contribution < 1.29 is 19.1 Å². The SMILES string of the molecule is CCN(CC)c1ccc2c(c1)Oc1cc(N(CC)CC)ccc1N2C(=O)c1ccc(OC(C)=O)cc1. The molecule has 0 saturated carbocycles. The number of amides is 1. The molecule has 0 spiro atoms. The molecule has 188 valence electrons. The highest BCUT2D eigenvalue weighted by Crippen LogP contribution is 2.49. The number of hydrogen-bond acceptors (Lipinski definition) is 6. The Balaban J connectivity index is 1.80. The summed E-state index contributed by atoms with van der Waals surface area (Å²) in [7, 11) is 0. The second-order valence-electron chi connectivity index (χ2n) is 8.51. The number of fused-ring (bicyclic) bond motifs is 2. The molecule has 0 aromatic heterocycles. The Kier molecular flexibility index (Phi) is 7.48. The van der Waals surface area contributed by atoms with Gasteiger partial charge >= 0.3 is 5.97 Å². The Labute approximate surface area is 212 Å². The number of anilines is 4. The summed E-state index contributed by atoms with van der Waals surface area (Å²) in [6.07, 6.45) is 0. The molecule has 0 atom stereocenters. The van der Waals surface area contributed by atoms with Gasteiger partial charge in [0.1, 0.15) is 5.75 Å². The quantitative estimate of drug-likeness (QED) is 0.271. The van der Waals surface area contributed by atoms with Gasteiger partial charge in [-0.3, -0.25) is 14.5 Å². The Morgan fingerprint density at radius 2 is 1.22 bits per heavy atom. The second-order valence-corrected chi connectivity index (χ2v) is 8.51. The molecular formula is C29H33N3O4. The van der Waals surface area contributed by atoms with Gasteiger partial charge in [0, 0.05) is 62.2 Å². The van der Waals surface area contributed by atoms with Crippen LogP contribution in [0.25, 0.3) is 0 Å². The van der Waals surface area contributed by atoms with Gasteiger partial charge in [-0.2, -0.15) is 0 Å². The van der Waals surface area contributed by atoms with E-state index < -0.39 is 5.97 Å². The molecule has 1 amide bonds. The first-order valence-electron chi connectivity index (χ1n) is 12.5. The molecule has 7 nitrogen and oxygen atoms in total. The number of hydrogen-bond donors (Lipinski definition) is 0. The fourth-order valence-corrected chi connectivity index (χ4v) is 4.54. The Morgan fingerprint density at radius 3 is 1.64 bits per heavy atom. The zero-order valence-electron chi connectivity index (χ0n) is 21.6. The van der Waals surface area contributed by atoms with E-state index in [4.69, 9.17) is 9.47 Å². The van der Waals surface area contributed by atoms with Crippen LogP contribution in [0.1, 0.15) is 45.0 Å². The zero-order chi connectivity index (χ0) is 25.8. The van der Waals surface area contributed by atoms with Crippen molar-refractivity contribution in [3.63, 3.8) is 0 Å². The minimum Gasteiger partial charge on any atom is -0.453 e. The fraction of sp³-hybridized carbons (Fsp3) is 0.310. The van der Waals surface area contributed by atoms with Crippen LogP contribution in [0.5, 0.6) is 17.2 Å². The highest BCUT2D eigenvalue weighted by atomic mass is 16.5. The summed E-state index contributed by atoms with van der Waals surface area (Å²) in [5.41, 5.74) is 3.93. The van der Waals surface area contributed by atoms with Crippen molar-refractivity contribution in [1.82, 2.24) is 0 Å². The maximum Gasteiger partial charge on any atom is 0.308 e. The molecule has 7 heteroatoms. The van der Waals surface area contributed by atoms with E-state index in [0.29, 0.717) is 34.2 Å². The number of carbonyl (C=O) groups excluding carboxylic acids is 2. The second kappa shape index (κ2) is 10.7. The lowest BCUT2D eigenvalue weighted by atomic mass is 10.1. The molecule has 0 bridgehead atoms. The first-order chi connectivity index (χ1) is 17.4. The lowest BCUT2D eigenvalue weighted by molar-refractivity contribution is -0.131. The standard InChI is InChI=1S/C29H33N3O4/c1-6-30(7-2)22-12-16-25-27(18-22)36-28-19-23(31(8-3)9-4)13-17-26(28)32(25)29(34)21-10-14-24(15-11-21)35-20(5)33/h10-19H,6-9H2,1-5H3. The Hall–Kier alpha value is -4.00. The average molecular weight is 488 g/mol. The van der Waals surface area contributed by atoms with Crippen LogP contribution < -0.4 is 24.2 Å². The molecule has 1 aliphatic heterocycles. The van der Waals surface area contributed by atoms with Gasteiger partial charge in [-0.05, 0) is 76.2 Å². The van der Waals surface area contributed by atoms with Gasteiger partial charge in [0.05, 0.1) is 11.4 Å². The summed E-state index contributed by atoms with van der Waals surface area (Å²) in [6, 6.07) is 18.5. The monoisotopic (exact) mass is 487 g/mol. The summed E-state index contributed by atoms with van der Waals surface area (Å²) in [5, 5.41) is 0. The molecule has 1 heterocycles. The number of esters is 1. The minimum absolute atomic E-state index is 0.193. The minimum atomic E-state index is -0.405. The van der Waals surface area contributed by atoms with Crippen molar-refractivity contribution in [3.8, 4) is 17.2 Å². The molecule has 3 aromatic rings. The van der Waals surface area contributed by atoms with Crippen LogP contribution in [-0.4, -0.2) is 38.1 Å². The Morgan fingerprint density at radius 1 is 0.750 bits per heavy atom. The number of rotatable bonds is 8. The van der Waals surface area contributed by atoms with Crippen LogP contribution in [0.2, 0.25) is 0 Å². The highest BCUT2D eigenvalue weighted by Gasteiger charge is 2.31.